The summed E-state index contributed by atoms with van der Waals surface area (Å²) in [5.74, 6) is -0.131. The molecule has 6 nitrogen and oxygen atoms in total. The summed E-state index contributed by atoms with van der Waals surface area (Å²) in [4.78, 5) is 15.4. The van der Waals surface area contributed by atoms with Crippen LogP contribution in [0.4, 0.5) is 5.69 Å². The third kappa shape index (κ3) is 3.61. The number of anilines is 1. The number of rotatable bonds is 4. The summed E-state index contributed by atoms with van der Waals surface area (Å²) in [6.45, 7) is 3.02. The highest BCUT2D eigenvalue weighted by molar-refractivity contribution is 7.87. The Bertz CT molecular complexity index is 1060. The molecule has 0 unspecified atom stereocenters. The van der Waals surface area contributed by atoms with Crippen molar-refractivity contribution >= 4 is 32.6 Å². The summed E-state index contributed by atoms with van der Waals surface area (Å²) >= 11 is 0. The number of fused-ring (bicyclic) bond motifs is 1. The lowest BCUT2D eigenvalue weighted by Gasteiger charge is -2.12. The van der Waals surface area contributed by atoms with Crippen LogP contribution in [0, 0.1) is 6.92 Å². The number of carbonyl (C=O) groups is 1. The number of carbonyl (C=O) groups excluding carboxylic acids is 1. The molecule has 0 saturated heterocycles. The molecule has 0 aliphatic rings. The molecular formula is C18H16N2O4S. The zero-order chi connectivity index (χ0) is 18.0. The predicted molar refractivity (Wildman–Crippen MR) is 95.0 cm³/mol. The van der Waals surface area contributed by atoms with Crippen molar-refractivity contribution in [3.63, 3.8) is 0 Å². The van der Waals surface area contributed by atoms with Crippen molar-refractivity contribution in [2.24, 2.45) is 0 Å². The van der Waals surface area contributed by atoms with Crippen LogP contribution in [0.2, 0.25) is 0 Å². The lowest BCUT2D eigenvalue weighted by Crippen LogP contribution is -2.13. The van der Waals surface area contributed by atoms with Gasteiger partial charge in [-0.25, -0.2) is 0 Å². The van der Waals surface area contributed by atoms with Crippen molar-refractivity contribution in [3.8, 4) is 5.75 Å². The number of aromatic nitrogens is 1. The molecule has 128 valence electrons. The number of nitrogens with one attached hydrogen (secondary N) is 1. The summed E-state index contributed by atoms with van der Waals surface area (Å²) < 4.78 is 30.8. The summed E-state index contributed by atoms with van der Waals surface area (Å²) in [6.07, 6.45) is 1.57. The molecule has 0 saturated carbocycles. The van der Waals surface area contributed by atoms with Gasteiger partial charge in [0.2, 0.25) is 5.91 Å². The van der Waals surface area contributed by atoms with Gasteiger partial charge in [0.15, 0.2) is 5.75 Å². The zero-order valence-electron chi connectivity index (χ0n) is 13.7. The van der Waals surface area contributed by atoms with Gasteiger partial charge in [0.25, 0.3) is 0 Å². The minimum Gasteiger partial charge on any atom is -0.377 e. The van der Waals surface area contributed by atoms with Gasteiger partial charge in [-0.1, -0.05) is 24.3 Å². The van der Waals surface area contributed by atoms with Gasteiger partial charge in [0.05, 0.1) is 0 Å². The Balaban J connectivity index is 2.03. The lowest BCUT2D eigenvalue weighted by atomic mass is 10.2. The van der Waals surface area contributed by atoms with E-state index in [4.69, 9.17) is 4.18 Å². The number of aryl methyl sites for hydroxylation is 1. The number of hydrogen-bond donors (Lipinski definition) is 1. The maximum absolute atomic E-state index is 12.7. The smallest absolute Gasteiger partial charge is 0.339 e. The number of para-hydroxylation sites is 1. The van der Waals surface area contributed by atoms with Gasteiger partial charge in [-0.05, 0) is 36.8 Å². The predicted octanol–water partition coefficient (Wildman–Crippen LogP) is 3.27. The van der Waals surface area contributed by atoms with E-state index in [0.29, 0.717) is 16.8 Å². The van der Waals surface area contributed by atoms with Crippen LogP contribution in [0.15, 0.2) is 59.6 Å². The third-order valence-corrected chi connectivity index (χ3v) is 4.95. The normalized spacial score (nSPS) is 11.3. The van der Waals surface area contributed by atoms with E-state index in [-0.39, 0.29) is 16.6 Å². The van der Waals surface area contributed by atoms with Crippen LogP contribution in [-0.2, 0) is 14.9 Å². The Hall–Kier alpha value is -2.93. The highest BCUT2D eigenvalue weighted by Gasteiger charge is 2.21. The largest absolute Gasteiger partial charge is 0.377 e. The Morgan fingerprint density at radius 2 is 1.88 bits per heavy atom. The van der Waals surface area contributed by atoms with Crippen molar-refractivity contribution in [1.82, 2.24) is 4.98 Å². The molecular weight excluding hydrogens is 340 g/mol. The van der Waals surface area contributed by atoms with E-state index in [2.05, 4.69) is 10.3 Å². The number of nitrogens with zero attached hydrogens (tertiary/aromatic N) is 1. The molecule has 0 atom stereocenters. The van der Waals surface area contributed by atoms with Crippen LogP contribution < -0.4 is 9.50 Å². The molecule has 1 amide bonds. The molecule has 1 N–H and O–H groups in total. The standard InChI is InChI=1S/C18H16N2O4S/c1-12-8-9-15(20-13(2)21)11-17(12)25(22,23)24-16-7-3-5-14-6-4-10-19-18(14)16/h3-11H,1-2H3,(H,20,21). The molecule has 0 aliphatic carbocycles. The van der Waals surface area contributed by atoms with E-state index >= 15 is 0 Å². The quantitative estimate of drug-likeness (QED) is 0.725. The fourth-order valence-corrected chi connectivity index (χ4v) is 3.65. The van der Waals surface area contributed by atoms with Gasteiger partial charge in [-0.2, -0.15) is 8.42 Å². The molecule has 25 heavy (non-hydrogen) atoms. The van der Waals surface area contributed by atoms with E-state index in [1.807, 2.05) is 12.1 Å². The average molecular weight is 356 g/mol. The average Bonchev–Trinajstić information content (AvgIpc) is 2.56. The maximum Gasteiger partial charge on any atom is 0.339 e. The zero-order valence-corrected chi connectivity index (χ0v) is 14.5. The fourth-order valence-electron chi connectivity index (χ4n) is 2.46. The second kappa shape index (κ2) is 6.52. The molecule has 3 aromatic rings. The summed E-state index contributed by atoms with van der Waals surface area (Å²) in [5, 5.41) is 3.34. The van der Waals surface area contributed by atoms with E-state index in [1.54, 1.807) is 43.5 Å². The molecule has 0 spiro atoms. The second-order valence-corrected chi connectivity index (χ2v) is 7.04. The summed E-state index contributed by atoms with van der Waals surface area (Å²) in [7, 11) is -4.09. The number of hydrogen-bond acceptors (Lipinski definition) is 5. The topological polar surface area (TPSA) is 85.4 Å². The van der Waals surface area contributed by atoms with Crippen molar-refractivity contribution < 1.29 is 17.4 Å². The van der Waals surface area contributed by atoms with Crippen molar-refractivity contribution in [3.05, 3.63) is 60.3 Å². The highest BCUT2D eigenvalue weighted by Crippen LogP contribution is 2.28. The van der Waals surface area contributed by atoms with E-state index in [9.17, 15) is 13.2 Å². The first-order valence-electron chi connectivity index (χ1n) is 7.53. The van der Waals surface area contributed by atoms with Gasteiger partial charge in [-0.3, -0.25) is 9.78 Å². The van der Waals surface area contributed by atoms with Crippen molar-refractivity contribution in [1.29, 1.82) is 0 Å². The van der Waals surface area contributed by atoms with E-state index in [1.165, 1.54) is 13.0 Å². The first kappa shape index (κ1) is 16.9. The monoisotopic (exact) mass is 356 g/mol. The van der Waals surface area contributed by atoms with Gasteiger partial charge >= 0.3 is 10.1 Å². The number of benzene rings is 2. The molecule has 0 aliphatic heterocycles. The Morgan fingerprint density at radius 1 is 1.12 bits per heavy atom. The highest BCUT2D eigenvalue weighted by atomic mass is 32.2. The second-order valence-electron chi connectivity index (χ2n) is 5.53. The molecule has 3 rings (SSSR count). The van der Waals surface area contributed by atoms with Gasteiger partial charge in [-0.15, -0.1) is 0 Å². The van der Waals surface area contributed by atoms with E-state index < -0.39 is 10.1 Å². The third-order valence-electron chi connectivity index (χ3n) is 3.57. The molecule has 7 heteroatoms. The lowest BCUT2D eigenvalue weighted by molar-refractivity contribution is -0.114. The van der Waals surface area contributed by atoms with Gasteiger partial charge in [0, 0.05) is 24.2 Å². The number of amides is 1. The van der Waals surface area contributed by atoms with Crippen LogP contribution in [0.25, 0.3) is 10.9 Å². The van der Waals surface area contributed by atoms with Crippen LogP contribution >= 0.6 is 0 Å². The Morgan fingerprint density at radius 3 is 2.64 bits per heavy atom. The van der Waals surface area contributed by atoms with Crippen LogP contribution in [0.3, 0.4) is 0 Å². The SMILES string of the molecule is CC(=O)Nc1ccc(C)c(S(=O)(=O)Oc2cccc3cccnc23)c1. The fraction of sp³-hybridized carbons (Fsp3) is 0.111. The summed E-state index contributed by atoms with van der Waals surface area (Å²) in [6, 6.07) is 13.3. The molecule has 0 radical (unpaired) electrons. The van der Waals surface area contributed by atoms with Crippen LogP contribution in [0.5, 0.6) is 5.75 Å². The van der Waals surface area contributed by atoms with E-state index in [0.717, 1.165) is 5.39 Å². The summed E-state index contributed by atoms with van der Waals surface area (Å²) in [5.41, 5.74) is 1.36. The number of pyridine rings is 1. The van der Waals surface area contributed by atoms with Gasteiger partial charge in [0.1, 0.15) is 10.4 Å². The molecule has 0 bridgehead atoms. The van der Waals surface area contributed by atoms with Crippen molar-refractivity contribution in [2.75, 3.05) is 5.32 Å². The Kier molecular flexibility index (Phi) is 4.41. The molecule has 0 fully saturated rings. The first-order chi connectivity index (χ1) is 11.9. The van der Waals surface area contributed by atoms with Crippen molar-refractivity contribution in [2.45, 2.75) is 18.7 Å². The maximum atomic E-state index is 12.7. The van der Waals surface area contributed by atoms with Crippen LogP contribution in [-0.4, -0.2) is 19.3 Å². The minimum absolute atomic E-state index is 0.00770. The minimum atomic E-state index is -4.09. The van der Waals surface area contributed by atoms with Crippen LogP contribution in [0.1, 0.15) is 12.5 Å². The molecule has 2 aromatic carbocycles. The van der Waals surface area contributed by atoms with Gasteiger partial charge < -0.3 is 9.50 Å². The Labute approximate surface area is 145 Å². The molecule has 1 heterocycles. The first-order valence-corrected chi connectivity index (χ1v) is 8.94. The molecule has 1 aromatic heterocycles.